The molecular weight excluding hydrogens is 348 g/mol. The van der Waals surface area contributed by atoms with Crippen molar-refractivity contribution < 1.29 is 27.2 Å². The molecule has 2 saturated heterocycles. The van der Waals surface area contributed by atoms with Gasteiger partial charge in [0.25, 0.3) is 5.91 Å². The van der Waals surface area contributed by atoms with Crippen LogP contribution in [0.2, 0.25) is 0 Å². The molecule has 0 unspecified atom stereocenters. The number of sulfonamides is 1. The number of likely N-dealkylation sites (tertiary alicyclic amines) is 1. The van der Waals surface area contributed by atoms with E-state index >= 15 is 0 Å². The molecule has 3 rings (SSSR count). The van der Waals surface area contributed by atoms with E-state index in [-0.39, 0.29) is 17.4 Å². The summed E-state index contributed by atoms with van der Waals surface area (Å²) in [7, 11) is -3.71. The summed E-state index contributed by atoms with van der Waals surface area (Å²) in [6.07, 6.45) is 1.91. The Morgan fingerprint density at radius 1 is 1.36 bits per heavy atom. The van der Waals surface area contributed by atoms with Crippen LogP contribution in [0.3, 0.4) is 0 Å². The number of amides is 2. The van der Waals surface area contributed by atoms with Gasteiger partial charge in [0.05, 0.1) is 24.3 Å². The fraction of sp³-hybridized carbons (Fsp3) is 0.562. The summed E-state index contributed by atoms with van der Waals surface area (Å²) in [6, 6.07) is 1.73. The van der Waals surface area contributed by atoms with Gasteiger partial charge in [-0.3, -0.25) is 14.4 Å². The zero-order chi connectivity index (χ0) is 18.5. The minimum atomic E-state index is -3.71. The second kappa shape index (κ2) is 5.98. The number of rotatable bonds is 4. The van der Waals surface area contributed by atoms with E-state index in [0.29, 0.717) is 19.3 Å². The fourth-order valence-corrected chi connectivity index (χ4v) is 5.11. The summed E-state index contributed by atoms with van der Waals surface area (Å²) in [5, 5.41) is 0. The third-order valence-corrected chi connectivity index (χ3v) is 6.05. The van der Waals surface area contributed by atoms with Gasteiger partial charge in [0.1, 0.15) is 0 Å². The molecule has 2 aliphatic heterocycles. The van der Waals surface area contributed by atoms with Crippen LogP contribution in [0.25, 0.3) is 0 Å². The van der Waals surface area contributed by atoms with Crippen LogP contribution in [0.1, 0.15) is 41.4 Å². The largest absolute Gasteiger partial charge is 0.448 e. The molecule has 0 aliphatic carbocycles. The number of furan rings is 1. The molecule has 1 aromatic heterocycles. The zero-order valence-corrected chi connectivity index (χ0v) is 15.0. The maximum absolute atomic E-state index is 12.8. The Morgan fingerprint density at radius 3 is 2.56 bits per heavy atom. The van der Waals surface area contributed by atoms with Crippen molar-refractivity contribution in [3.63, 3.8) is 0 Å². The molecule has 2 fully saturated rings. The molecule has 0 saturated carbocycles. The summed E-state index contributed by atoms with van der Waals surface area (Å²) in [4.78, 5) is 37.7. The minimum Gasteiger partial charge on any atom is -0.448 e. The van der Waals surface area contributed by atoms with Crippen LogP contribution in [-0.4, -0.2) is 60.6 Å². The van der Waals surface area contributed by atoms with E-state index in [1.807, 2.05) is 13.8 Å². The van der Waals surface area contributed by atoms with E-state index < -0.39 is 39.8 Å². The van der Waals surface area contributed by atoms with Crippen molar-refractivity contribution in [1.82, 2.24) is 9.21 Å². The summed E-state index contributed by atoms with van der Waals surface area (Å²) < 4.78 is 30.3. The molecule has 2 aliphatic rings. The third kappa shape index (κ3) is 2.76. The van der Waals surface area contributed by atoms with E-state index in [1.54, 1.807) is 0 Å². The van der Waals surface area contributed by atoms with Crippen molar-refractivity contribution in [3.8, 4) is 0 Å². The van der Waals surface area contributed by atoms with E-state index in [4.69, 9.17) is 4.42 Å². The van der Waals surface area contributed by atoms with Crippen LogP contribution >= 0.6 is 0 Å². The maximum atomic E-state index is 12.8. The quantitative estimate of drug-likeness (QED) is 0.726. The Labute approximate surface area is 145 Å². The molecular formula is C16H20N2O6S. The Hall–Kier alpha value is -2.16. The van der Waals surface area contributed by atoms with E-state index in [9.17, 15) is 22.8 Å². The average Bonchev–Trinajstić information content (AvgIpc) is 3.18. The lowest BCUT2D eigenvalue weighted by Gasteiger charge is -2.28. The molecule has 0 aromatic carbocycles. The molecule has 0 bridgehead atoms. The summed E-state index contributed by atoms with van der Waals surface area (Å²) >= 11 is 0. The summed E-state index contributed by atoms with van der Waals surface area (Å²) in [5.41, 5.74) is 0. The first kappa shape index (κ1) is 17.7. The predicted octanol–water partition coefficient (Wildman–Crippen LogP) is 0.749. The van der Waals surface area contributed by atoms with Gasteiger partial charge in [0, 0.05) is 6.54 Å². The standard InChI is InChI=1S/C16H20N2O6S/c1-9(2)13-14-11(18(16(13)21)25(3,22)23)6-7-17(14)15(20)12-5-4-10(8-19)24-12/h4-5,8-9,11,13-14H,6-7H2,1-3H3/t11-,13+,14-/m0/s1. The molecule has 0 spiro atoms. The molecule has 25 heavy (non-hydrogen) atoms. The first-order valence-electron chi connectivity index (χ1n) is 8.06. The van der Waals surface area contributed by atoms with Crippen LogP contribution < -0.4 is 0 Å². The molecule has 9 heteroatoms. The van der Waals surface area contributed by atoms with Crippen LogP contribution in [0.15, 0.2) is 16.5 Å². The monoisotopic (exact) mass is 368 g/mol. The molecule has 8 nitrogen and oxygen atoms in total. The number of aldehydes is 1. The average molecular weight is 368 g/mol. The maximum Gasteiger partial charge on any atom is 0.289 e. The van der Waals surface area contributed by atoms with Crippen molar-refractivity contribution in [2.24, 2.45) is 11.8 Å². The second-order valence-corrected chi connectivity index (χ2v) is 8.69. The molecule has 3 atom stereocenters. The Balaban J connectivity index is 1.98. The molecule has 0 N–H and O–H groups in total. The molecule has 0 radical (unpaired) electrons. The van der Waals surface area contributed by atoms with Crippen LogP contribution in [-0.2, 0) is 14.8 Å². The van der Waals surface area contributed by atoms with Crippen molar-refractivity contribution in [2.75, 3.05) is 12.8 Å². The van der Waals surface area contributed by atoms with Gasteiger partial charge in [-0.25, -0.2) is 12.7 Å². The number of carbonyl (C=O) groups excluding carboxylic acids is 3. The molecule has 2 amide bonds. The predicted molar refractivity (Wildman–Crippen MR) is 87.3 cm³/mol. The highest BCUT2D eigenvalue weighted by Crippen LogP contribution is 2.41. The Kier molecular flexibility index (Phi) is 4.22. The van der Waals surface area contributed by atoms with Gasteiger partial charge in [-0.15, -0.1) is 0 Å². The summed E-state index contributed by atoms with van der Waals surface area (Å²) in [5.74, 6) is -1.56. The van der Waals surface area contributed by atoms with Crippen LogP contribution in [0.4, 0.5) is 0 Å². The lowest BCUT2D eigenvalue weighted by atomic mass is 9.88. The van der Waals surface area contributed by atoms with Crippen LogP contribution in [0, 0.1) is 11.8 Å². The number of hydrogen-bond donors (Lipinski definition) is 0. The third-order valence-electron chi connectivity index (χ3n) is 4.88. The van der Waals surface area contributed by atoms with E-state index in [0.717, 1.165) is 10.6 Å². The Bertz CT molecular complexity index is 827. The zero-order valence-electron chi connectivity index (χ0n) is 14.2. The SMILES string of the molecule is CC(C)[C@H]1C(=O)N(S(C)(=O)=O)[C@H]2CCN(C(=O)c3ccc(C=O)o3)[C@H]12. The van der Waals surface area contributed by atoms with Crippen molar-refractivity contribution in [2.45, 2.75) is 32.4 Å². The Morgan fingerprint density at radius 2 is 2.04 bits per heavy atom. The highest BCUT2D eigenvalue weighted by Gasteiger charge is 2.58. The normalized spacial score (nSPS) is 26.4. The second-order valence-electron chi connectivity index (χ2n) is 6.83. The first-order valence-corrected chi connectivity index (χ1v) is 9.91. The molecule has 136 valence electrons. The van der Waals surface area contributed by atoms with E-state index in [2.05, 4.69) is 0 Å². The van der Waals surface area contributed by atoms with Gasteiger partial charge in [-0.1, -0.05) is 13.8 Å². The smallest absolute Gasteiger partial charge is 0.289 e. The number of hydrogen-bond acceptors (Lipinski definition) is 6. The minimum absolute atomic E-state index is 0.00973. The van der Waals surface area contributed by atoms with Gasteiger partial charge in [0.15, 0.2) is 17.8 Å². The highest BCUT2D eigenvalue weighted by atomic mass is 32.2. The van der Waals surface area contributed by atoms with Gasteiger partial charge >= 0.3 is 0 Å². The first-order chi connectivity index (χ1) is 11.7. The highest BCUT2D eigenvalue weighted by molar-refractivity contribution is 7.88. The van der Waals surface area contributed by atoms with Gasteiger partial charge in [-0.2, -0.15) is 0 Å². The van der Waals surface area contributed by atoms with Gasteiger partial charge in [-0.05, 0) is 24.5 Å². The number of nitrogens with zero attached hydrogens (tertiary/aromatic N) is 2. The van der Waals surface area contributed by atoms with Gasteiger partial charge in [0.2, 0.25) is 15.9 Å². The summed E-state index contributed by atoms with van der Waals surface area (Å²) in [6.45, 7) is 4.00. The van der Waals surface area contributed by atoms with Crippen molar-refractivity contribution in [1.29, 1.82) is 0 Å². The van der Waals surface area contributed by atoms with Gasteiger partial charge < -0.3 is 9.32 Å². The lowest BCUT2D eigenvalue weighted by Crippen LogP contribution is -2.44. The number of carbonyl (C=O) groups is 3. The molecule has 3 heterocycles. The molecule has 1 aromatic rings. The fourth-order valence-electron chi connectivity index (χ4n) is 3.94. The lowest BCUT2D eigenvalue weighted by molar-refractivity contribution is -0.129. The van der Waals surface area contributed by atoms with Crippen molar-refractivity contribution in [3.05, 3.63) is 23.7 Å². The van der Waals surface area contributed by atoms with Crippen LogP contribution in [0.5, 0.6) is 0 Å². The van der Waals surface area contributed by atoms with Crippen molar-refractivity contribution >= 4 is 28.1 Å². The number of fused-ring (bicyclic) bond motifs is 1. The van der Waals surface area contributed by atoms with E-state index in [1.165, 1.54) is 17.0 Å². The topological polar surface area (TPSA) is 105 Å².